The zero-order valence-corrected chi connectivity index (χ0v) is 18.3. The molecule has 0 radical (unpaired) electrons. The fourth-order valence-corrected chi connectivity index (χ4v) is 4.48. The molecule has 9 heteroatoms. The number of rotatable bonds is 5. The predicted octanol–water partition coefficient (Wildman–Crippen LogP) is 4.64. The Kier molecular flexibility index (Phi) is 5.91. The van der Waals surface area contributed by atoms with Crippen LogP contribution >= 0.6 is 0 Å². The highest BCUT2D eigenvalue weighted by molar-refractivity contribution is 5.94. The molecular weight excluding hydrogens is 440 g/mol. The van der Waals surface area contributed by atoms with Gasteiger partial charge in [0.1, 0.15) is 0 Å². The van der Waals surface area contributed by atoms with E-state index in [9.17, 15) is 18.7 Å². The molecule has 2 N–H and O–H groups in total. The van der Waals surface area contributed by atoms with E-state index in [1.54, 1.807) is 18.6 Å². The van der Waals surface area contributed by atoms with Crippen molar-refractivity contribution >= 4 is 16.8 Å². The van der Waals surface area contributed by atoms with Crippen LogP contribution in [0, 0.1) is 17.6 Å². The van der Waals surface area contributed by atoms with Gasteiger partial charge in [0.2, 0.25) is 0 Å². The SMILES string of the molecule is O=C(NCC1CCC(n2cc3ccc(-c4cnccn4)cc3n2)CC1)c1cc(F)c(O)c(F)c1. The second kappa shape index (κ2) is 9.17. The third-order valence-corrected chi connectivity index (χ3v) is 6.40. The second-order valence-electron chi connectivity index (χ2n) is 8.65. The number of hydrogen-bond acceptors (Lipinski definition) is 5. The Balaban J connectivity index is 1.18. The van der Waals surface area contributed by atoms with Crippen molar-refractivity contribution in [2.75, 3.05) is 6.54 Å². The number of fused-ring (bicyclic) bond motifs is 1. The Morgan fingerprint density at radius 3 is 2.56 bits per heavy atom. The van der Waals surface area contributed by atoms with Crippen LogP contribution in [0.15, 0.2) is 55.1 Å². The van der Waals surface area contributed by atoms with Gasteiger partial charge in [0.15, 0.2) is 17.4 Å². The molecule has 0 spiro atoms. The van der Waals surface area contributed by atoms with Gasteiger partial charge in [-0.25, -0.2) is 8.78 Å². The molecule has 2 heterocycles. The lowest BCUT2D eigenvalue weighted by Gasteiger charge is -2.28. The fraction of sp³-hybridized carbons (Fsp3) is 0.280. The number of nitrogens with zero attached hydrogens (tertiary/aromatic N) is 4. The topological polar surface area (TPSA) is 92.9 Å². The highest BCUT2D eigenvalue weighted by Gasteiger charge is 2.24. The average molecular weight is 463 g/mol. The van der Waals surface area contributed by atoms with Gasteiger partial charge in [-0.05, 0) is 49.8 Å². The van der Waals surface area contributed by atoms with Gasteiger partial charge in [-0.2, -0.15) is 5.10 Å². The van der Waals surface area contributed by atoms with Crippen molar-refractivity contribution in [3.63, 3.8) is 0 Å². The largest absolute Gasteiger partial charge is 0.503 e. The first-order valence-electron chi connectivity index (χ1n) is 11.2. The summed E-state index contributed by atoms with van der Waals surface area (Å²) in [6.07, 6.45) is 10.8. The molecule has 0 unspecified atom stereocenters. The van der Waals surface area contributed by atoms with Gasteiger partial charge in [-0.15, -0.1) is 0 Å². The lowest BCUT2D eigenvalue weighted by Crippen LogP contribution is -2.31. The molecule has 1 amide bonds. The van der Waals surface area contributed by atoms with Crippen molar-refractivity contribution in [2.45, 2.75) is 31.7 Å². The molecule has 7 nitrogen and oxygen atoms in total. The summed E-state index contributed by atoms with van der Waals surface area (Å²) in [5.74, 6) is -3.66. The van der Waals surface area contributed by atoms with E-state index < -0.39 is 23.3 Å². The molecule has 1 aliphatic rings. The van der Waals surface area contributed by atoms with E-state index in [1.165, 1.54) is 0 Å². The molecule has 0 saturated heterocycles. The Labute approximate surface area is 194 Å². The van der Waals surface area contributed by atoms with Crippen LogP contribution < -0.4 is 5.32 Å². The quantitative estimate of drug-likeness (QED) is 0.450. The molecule has 34 heavy (non-hydrogen) atoms. The van der Waals surface area contributed by atoms with Gasteiger partial charge in [0.05, 0.1) is 23.4 Å². The van der Waals surface area contributed by atoms with Gasteiger partial charge in [-0.1, -0.05) is 12.1 Å². The van der Waals surface area contributed by atoms with Crippen LogP contribution in [-0.4, -0.2) is 37.3 Å². The van der Waals surface area contributed by atoms with Crippen LogP contribution in [0.1, 0.15) is 42.1 Å². The molecule has 5 rings (SSSR count). The molecule has 174 valence electrons. The number of aromatic nitrogens is 4. The van der Waals surface area contributed by atoms with Crippen LogP contribution in [0.2, 0.25) is 0 Å². The number of aromatic hydroxyl groups is 1. The second-order valence-corrected chi connectivity index (χ2v) is 8.65. The van der Waals surface area contributed by atoms with E-state index in [0.717, 1.165) is 60.0 Å². The molecule has 1 fully saturated rings. The highest BCUT2D eigenvalue weighted by Crippen LogP contribution is 2.33. The molecule has 0 atom stereocenters. The summed E-state index contributed by atoms with van der Waals surface area (Å²) in [5, 5.41) is 17.8. The number of hydrogen-bond donors (Lipinski definition) is 2. The zero-order valence-electron chi connectivity index (χ0n) is 18.3. The van der Waals surface area contributed by atoms with Gasteiger partial charge in [0.25, 0.3) is 5.91 Å². The van der Waals surface area contributed by atoms with Crippen LogP contribution in [0.3, 0.4) is 0 Å². The molecule has 1 aliphatic carbocycles. The predicted molar refractivity (Wildman–Crippen MR) is 122 cm³/mol. The smallest absolute Gasteiger partial charge is 0.251 e. The van der Waals surface area contributed by atoms with Crippen molar-refractivity contribution in [1.82, 2.24) is 25.1 Å². The Morgan fingerprint density at radius 2 is 1.85 bits per heavy atom. The Bertz CT molecular complexity index is 1310. The summed E-state index contributed by atoms with van der Waals surface area (Å²) >= 11 is 0. The third kappa shape index (κ3) is 4.46. The first-order chi connectivity index (χ1) is 16.5. The first kappa shape index (κ1) is 21.9. The standard InChI is InChI=1S/C25H23F2N5O2/c26-20-9-18(10-21(27)24(20)33)25(34)30-12-15-1-5-19(6-2-15)32-14-17-4-3-16(11-22(17)31-32)23-13-28-7-8-29-23/h3-4,7-11,13-15,19,33H,1-2,5-6,12H2,(H,30,34). The summed E-state index contributed by atoms with van der Waals surface area (Å²) in [5.41, 5.74) is 2.54. The van der Waals surface area contributed by atoms with Crippen molar-refractivity contribution < 1.29 is 18.7 Å². The summed E-state index contributed by atoms with van der Waals surface area (Å²) in [6, 6.07) is 8.03. The number of nitrogens with one attached hydrogen (secondary N) is 1. The van der Waals surface area contributed by atoms with Crippen LogP contribution in [0.25, 0.3) is 22.2 Å². The highest BCUT2D eigenvalue weighted by atomic mass is 19.1. The first-order valence-corrected chi connectivity index (χ1v) is 11.2. The van der Waals surface area contributed by atoms with Gasteiger partial charge < -0.3 is 10.4 Å². The lowest BCUT2D eigenvalue weighted by molar-refractivity contribution is 0.0940. The van der Waals surface area contributed by atoms with Crippen molar-refractivity contribution in [1.29, 1.82) is 0 Å². The average Bonchev–Trinajstić information content (AvgIpc) is 3.30. The van der Waals surface area contributed by atoms with Crippen LogP contribution in [0.5, 0.6) is 5.75 Å². The summed E-state index contributed by atoms with van der Waals surface area (Å²) < 4.78 is 29.0. The normalized spacial score (nSPS) is 18.2. The minimum Gasteiger partial charge on any atom is -0.503 e. The van der Waals surface area contributed by atoms with E-state index >= 15 is 0 Å². The number of carbonyl (C=O) groups is 1. The molecule has 2 aromatic heterocycles. The maximum Gasteiger partial charge on any atom is 0.251 e. The molecular formula is C25H23F2N5O2. The summed E-state index contributed by atoms with van der Waals surface area (Å²) in [6.45, 7) is 0.429. The van der Waals surface area contributed by atoms with Gasteiger partial charge >= 0.3 is 0 Å². The molecule has 0 bridgehead atoms. The lowest BCUT2D eigenvalue weighted by atomic mass is 9.86. The van der Waals surface area contributed by atoms with Crippen molar-refractivity contribution in [2.24, 2.45) is 5.92 Å². The van der Waals surface area contributed by atoms with Crippen molar-refractivity contribution in [3.8, 4) is 17.0 Å². The van der Waals surface area contributed by atoms with Crippen LogP contribution in [0.4, 0.5) is 8.78 Å². The van der Waals surface area contributed by atoms with E-state index in [2.05, 4.69) is 21.5 Å². The Morgan fingerprint density at radius 1 is 1.09 bits per heavy atom. The van der Waals surface area contributed by atoms with Crippen molar-refractivity contribution in [3.05, 3.63) is 72.3 Å². The van der Waals surface area contributed by atoms with E-state index in [0.29, 0.717) is 6.54 Å². The molecule has 2 aromatic carbocycles. The maximum atomic E-state index is 13.5. The summed E-state index contributed by atoms with van der Waals surface area (Å²) in [7, 11) is 0. The molecule has 0 aliphatic heterocycles. The maximum absolute atomic E-state index is 13.5. The van der Waals surface area contributed by atoms with E-state index in [-0.39, 0.29) is 17.5 Å². The number of halogens is 2. The minimum absolute atomic E-state index is 0.148. The third-order valence-electron chi connectivity index (χ3n) is 6.40. The summed E-state index contributed by atoms with van der Waals surface area (Å²) in [4.78, 5) is 20.7. The minimum atomic E-state index is -1.15. The number of phenols is 1. The number of benzene rings is 2. The zero-order chi connectivity index (χ0) is 23.7. The van der Waals surface area contributed by atoms with E-state index in [4.69, 9.17) is 5.10 Å². The monoisotopic (exact) mass is 463 g/mol. The molecule has 4 aromatic rings. The number of carbonyl (C=O) groups excluding carboxylic acids is 1. The Hall–Kier alpha value is -3.88. The molecule has 1 saturated carbocycles. The fourth-order valence-electron chi connectivity index (χ4n) is 4.48. The van der Waals surface area contributed by atoms with Gasteiger partial charge in [0, 0.05) is 41.6 Å². The van der Waals surface area contributed by atoms with Gasteiger partial charge in [-0.3, -0.25) is 19.4 Å². The number of amides is 1. The van der Waals surface area contributed by atoms with E-state index in [1.807, 2.05) is 22.9 Å². The number of phenolic OH excluding ortho intramolecular Hbond substituents is 1. The van der Waals surface area contributed by atoms with Crippen LogP contribution in [-0.2, 0) is 0 Å².